The number of ether oxygens (including phenoxy) is 2. The highest BCUT2D eigenvalue weighted by Gasteiger charge is 2.14. The number of nitrogens with zero attached hydrogens (tertiary/aromatic N) is 2. The second-order valence-corrected chi connectivity index (χ2v) is 6.17. The van der Waals surface area contributed by atoms with Gasteiger partial charge in [0.05, 0.1) is 10.7 Å². The van der Waals surface area contributed by atoms with Gasteiger partial charge >= 0.3 is 0 Å². The monoisotopic (exact) mass is 382 g/mol. The van der Waals surface area contributed by atoms with Gasteiger partial charge in [-0.25, -0.2) is 9.97 Å². The molecule has 0 spiro atoms. The van der Waals surface area contributed by atoms with Crippen molar-refractivity contribution in [3.8, 4) is 11.5 Å². The molecule has 1 amide bonds. The molecule has 4 rings (SSSR count). The molecule has 2 heterocycles. The van der Waals surface area contributed by atoms with Gasteiger partial charge in [0.15, 0.2) is 11.5 Å². The number of fused-ring (bicyclic) bond motifs is 1. The lowest BCUT2D eigenvalue weighted by molar-refractivity contribution is 0.0945. The van der Waals surface area contributed by atoms with Gasteiger partial charge in [0.1, 0.15) is 17.8 Å². The Morgan fingerprint density at radius 2 is 1.93 bits per heavy atom. The molecule has 1 aliphatic heterocycles. The third-order valence-corrected chi connectivity index (χ3v) is 4.26. The van der Waals surface area contributed by atoms with Crippen LogP contribution in [0.5, 0.6) is 11.5 Å². The Hall–Kier alpha value is -3.32. The topological polar surface area (TPSA) is 85.4 Å². The molecule has 0 unspecified atom stereocenters. The largest absolute Gasteiger partial charge is 0.454 e. The summed E-state index contributed by atoms with van der Waals surface area (Å²) in [5, 5.41) is 6.47. The van der Waals surface area contributed by atoms with Gasteiger partial charge < -0.3 is 20.1 Å². The summed E-state index contributed by atoms with van der Waals surface area (Å²) in [5.41, 5.74) is 1.85. The summed E-state index contributed by atoms with van der Waals surface area (Å²) >= 11 is 6.13. The van der Waals surface area contributed by atoms with E-state index in [0.717, 1.165) is 5.56 Å². The second kappa shape index (κ2) is 7.51. The molecule has 7 nitrogen and oxygen atoms in total. The van der Waals surface area contributed by atoms with Crippen LogP contribution >= 0.6 is 11.6 Å². The summed E-state index contributed by atoms with van der Waals surface area (Å²) in [5.74, 6) is 1.55. The van der Waals surface area contributed by atoms with Crippen molar-refractivity contribution in [3.05, 3.63) is 71.1 Å². The van der Waals surface area contributed by atoms with Crippen LogP contribution in [0.25, 0.3) is 0 Å². The number of benzene rings is 2. The van der Waals surface area contributed by atoms with Crippen molar-refractivity contribution in [2.45, 2.75) is 6.54 Å². The average Bonchev–Trinajstić information content (AvgIpc) is 3.16. The smallest absolute Gasteiger partial charge is 0.270 e. The quantitative estimate of drug-likeness (QED) is 0.702. The van der Waals surface area contributed by atoms with E-state index in [1.165, 1.54) is 6.33 Å². The summed E-state index contributed by atoms with van der Waals surface area (Å²) in [6.07, 6.45) is 1.33. The van der Waals surface area contributed by atoms with Crippen LogP contribution in [-0.4, -0.2) is 22.7 Å². The van der Waals surface area contributed by atoms with E-state index in [-0.39, 0.29) is 18.4 Å². The number of nitrogens with one attached hydrogen (secondary N) is 2. The highest BCUT2D eigenvalue weighted by Crippen LogP contribution is 2.32. The number of hydrogen-bond donors (Lipinski definition) is 2. The number of hydrogen-bond acceptors (Lipinski definition) is 6. The molecule has 0 atom stereocenters. The van der Waals surface area contributed by atoms with E-state index < -0.39 is 0 Å². The highest BCUT2D eigenvalue weighted by molar-refractivity contribution is 6.33. The van der Waals surface area contributed by atoms with Crippen LogP contribution in [0.1, 0.15) is 16.1 Å². The van der Waals surface area contributed by atoms with Gasteiger partial charge in [-0.2, -0.15) is 0 Å². The fraction of sp³-hybridized carbons (Fsp3) is 0.105. The van der Waals surface area contributed by atoms with Crippen LogP contribution in [0.3, 0.4) is 0 Å². The molecule has 1 aliphatic rings. The van der Waals surface area contributed by atoms with E-state index in [9.17, 15) is 4.79 Å². The molecule has 2 N–H and O–H groups in total. The molecule has 0 radical (unpaired) electrons. The molecular weight excluding hydrogens is 368 g/mol. The van der Waals surface area contributed by atoms with Crippen molar-refractivity contribution >= 4 is 29.0 Å². The summed E-state index contributed by atoms with van der Waals surface area (Å²) in [6, 6.07) is 14.4. The lowest BCUT2D eigenvalue weighted by Crippen LogP contribution is -2.24. The van der Waals surface area contributed by atoms with Crippen LogP contribution in [0.15, 0.2) is 54.9 Å². The van der Waals surface area contributed by atoms with E-state index in [4.69, 9.17) is 21.1 Å². The first-order chi connectivity index (χ1) is 13.2. The number of halogens is 1. The summed E-state index contributed by atoms with van der Waals surface area (Å²) in [6.45, 7) is 0.556. The highest BCUT2D eigenvalue weighted by atomic mass is 35.5. The van der Waals surface area contributed by atoms with Gasteiger partial charge in [-0.05, 0) is 29.8 Å². The fourth-order valence-corrected chi connectivity index (χ4v) is 2.76. The minimum absolute atomic E-state index is 0.216. The SMILES string of the molecule is O=C(NCc1ccc2c(c1)OCO2)c1cc(Nc2ccccc2Cl)ncn1. The van der Waals surface area contributed by atoms with Crippen molar-refractivity contribution in [2.24, 2.45) is 0 Å². The molecule has 0 fully saturated rings. The zero-order chi connectivity index (χ0) is 18.6. The van der Waals surface area contributed by atoms with Crippen molar-refractivity contribution in [1.82, 2.24) is 15.3 Å². The summed E-state index contributed by atoms with van der Waals surface area (Å²) < 4.78 is 10.6. The standard InChI is InChI=1S/C19H15ClN4O3/c20-13-3-1-2-4-14(13)24-18-8-15(22-10-23-18)19(25)21-9-12-5-6-16-17(7-12)27-11-26-16/h1-8,10H,9,11H2,(H,21,25)(H,22,23,24). The number of aromatic nitrogens is 2. The lowest BCUT2D eigenvalue weighted by Gasteiger charge is -2.09. The van der Waals surface area contributed by atoms with Crippen LogP contribution in [0, 0.1) is 0 Å². The first-order valence-corrected chi connectivity index (χ1v) is 8.57. The normalized spacial score (nSPS) is 11.9. The maximum Gasteiger partial charge on any atom is 0.270 e. The Balaban J connectivity index is 1.42. The molecule has 2 aromatic carbocycles. The van der Waals surface area contributed by atoms with Gasteiger partial charge in [0, 0.05) is 12.6 Å². The number of carbonyl (C=O) groups is 1. The Bertz CT molecular complexity index is 996. The van der Waals surface area contributed by atoms with Crippen molar-refractivity contribution in [3.63, 3.8) is 0 Å². The zero-order valence-electron chi connectivity index (χ0n) is 14.1. The van der Waals surface area contributed by atoms with E-state index in [0.29, 0.717) is 34.6 Å². The molecule has 3 aromatic rings. The summed E-state index contributed by atoms with van der Waals surface area (Å²) in [4.78, 5) is 20.6. The Morgan fingerprint density at radius 1 is 1.07 bits per heavy atom. The van der Waals surface area contributed by atoms with Crippen LogP contribution in [0.4, 0.5) is 11.5 Å². The first kappa shape index (κ1) is 17.1. The van der Waals surface area contributed by atoms with Gasteiger partial charge in [0.25, 0.3) is 5.91 Å². The van der Waals surface area contributed by atoms with Gasteiger partial charge in [-0.15, -0.1) is 0 Å². The molecule has 27 heavy (non-hydrogen) atoms. The average molecular weight is 383 g/mol. The molecule has 1 aromatic heterocycles. The Morgan fingerprint density at radius 3 is 2.81 bits per heavy atom. The minimum atomic E-state index is -0.308. The second-order valence-electron chi connectivity index (χ2n) is 5.76. The van der Waals surface area contributed by atoms with E-state index in [2.05, 4.69) is 20.6 Å². The predicted molar refractivity (Wildman–Crippen MR) is 101 cm³/mol. The van der Waals surface area contributed by atoms with Crippen molar-refractivity contribution < 1.29 is 14.3 Å². The lowest BCUT2D eigenvalue weighted by atomic mass is 10.2. The number of rotatable bonds is 5. The Kier molecular flexibility index (Phi) is 4.76. The van der Waals surface area contributed by atoms with Crippen LogP contribution < -0.4 is 20.1 Å². The molecule has 0 aliphatic carbocycles. The predicted octanol–water partition coefficient (Wildman–Crippen LogP) is 3.53. The number of carbonyl (C=O) groups excluding carboxylic acids is 1. The molecule has 0 bridgehead atoms. The maximum absolute atomic E-state index is 12.4. The fourth-order valence-electron chi connectivity index (χ4n) is 2.57. The van der Waals surface area contributed by atoms with E-state index in [1.54, 1.807) is 12.1 Å². The van der Waals surface area contributed by atoms with Crippen molar-refractivity contribution in [2.75, 3.05) is 12.1 Å². The molecule has 136 valence electrons. The van der Waals surface area contributed by atoms with E-state index >= 15 is 0 Å². The van der Waals surface area contributed by atoms with Gasteiger partial charge in [-0.1, -0.05) is 29.8 Å². The molecule has 8 heteroatoms. The Labute approximate surface area is 160 Å². The molecule has 0 saturated heterocycles. The summed E-state index contributed by atoms with van der Waals surface area (Å²) in [7, 11) is 0. The maximum atomic E-state index is 12.4. The number of anilines is 2. The molecular formula is C19H15ClN4O3. The molecule has 0 saturated carbocycles. The van der Waals surface area contributed by atoms with Crippen LogP contribution in [0.2, 0.25) is 5.02 Å². The van der Waals surface area contributed by atoms with Gasteiger partial charge in [-0.3, -0.25) is 4.79 Å². The van der Waals surface area contributed by atoms with E-state index in [1.807, 2.05) is 36.4 Å². The van der Waals surface area contributed by atoms with Gasteiger partial charge in [0.2, 0.25) is 6.79 Å². The van der Waals surface area contributed by atoms with Crippen molar-refractivity contribution in [1.29, 1.82) is 0 Å². The first-order valence-electron chi connectivity index (χ1n) is 8.19. The van der Waals surface area contributed by atoms with Crippen LogP contribution in [-0.2, 0) is 6.54 Å². The third kappa shape index (κ3) is 3.93. The number of para-hydroxylation sites is 1. The number of amides is 1. The minimum Gasteiger partial charge on any atom is -0.454 e. The third-order valence-electron chi connectivity index (χ3n) is 3.93. The zero-order valence-corrected chi connectivity index (χ0v) is 14.9.